The van der Waals surface area contributed by atoms with Gasteiger partial charge in [-0.3, -0.25) is 9.55 Å². The lowest BCUT2D eigenvalue weighted by Crippen LogP contribution is -2.04. The number of imidazole rings is 1. The third-order valence-corrected chi connectivity index (χ3v) is 4.05. The smallest absolute Gasteiger partial charge is 0.159 e. The zero-order valence-electron chi connectivity index (χ0n) is 14.1. The number of rotatable bonds is 3. The van der Waals surface area contributed by atoms with E-state index in [1.54, 1.807) is 12.4 Å². The highest BCUT2D eigenvalue weighted by atomic mass is 15.2. The Morgan fingerprint density at radius 3 is 2.68 bits per heavy atom. The Bertz CT molecular complexity index is 1070. The molecule has 0 spiro atoms. The summed E-state index contributed by atoms with van der Waals surface area (Å²) in [5.74, 6) is 2.20. The van der Waals surface area contributed by atoms with Gasteiger partial charge in [0.25, 0.3) is 0 Å². The van der Waals surface area contributed by atoms with E-state index in [4.69, 9.17) is 5.73 Å². The van der Waals surface area contributed by atoms with Gasteiger partial charge < -0.3 is 11.1 Å². The van der Waals surface area contributed by atoms with Gasteiger partial charge in [0.05, 0.1) is 34.8 Å². The molecule has 4 rings (SSSR count). The van der Waals surface area contributed by atoms with E-state index >= 15 is 0 Å². The summed E-state index contributed by atoms with van der Waals surface area (Å²) in [6.45, 7) is 3.97. The van der Waals surface area contributed by atoms with Crippen LogP contribution >= 0.6 is 0 Å². The maximum absolute atomic E-state index is 6.07. The van der Waals surface area contributed by atoms with Crippen molar-refractivity contribution in [2.75, 3.05) is 11.1 Å². The van der Waals surface area contributed by atoms with Crippen molar-refractivity contribution < 1.29 is 0 Å². The van der Waals surface area contributed by atoms with Crippen LogP contribution in [0, 0.1) is 13.8 Å². The lowest BCUT2D eigenvalue weighted by atomic mass is 10.2. The van der Waals surface area contributed by atoms with Crippen LogP contribution in [0.4, 0.5) is 17.2 Å². The Morgan fingerprint density at radius 2 is 1.84 bits per heavy atom. The van der Waals surface area contributed by atoms with Gasteiger partial charge >= 0.3 is 0 Å². The largest absolute Gasteiger partial charge is 0.397 e. The summed E-state index contributed by atoms with van der Waals surface area (Å²) in [6.07, 6.45) is 3.40. The number of benzene rings is 2. The molecule has 0 unspecified atom stereocenters. The maximum Gasteiger partial charge on any atom is 0.159 e. The number of aromatic nitrogens is 4. The van der Waals surface area contributed by atoms with Crippen molar-refractivity contribution in [3.8, 4) is 5.82 Å². The second-order valence-electron chi connectivity index (χ2n) is 5.96. The molecule has 0 saturated carbocycles. The molecule has 6 heteroatoms. The van der Waals surface area contributed by atoms with Crippen LogP contribution in [0.2, 0.25) is 0 Å². The number of nitrogens with one attached hydrogen (secondary N) is 1. The van der Waals surface area contributed by atoms with E-state index in [-0.39, 0.29) is 0 Å². The third-order valence-electron chi connectivity index (χ3n) is 4.05. The molecular weight excluding hydrogens is 312 g/mol. The van der Waals surface area contributed by atoms with Crippen molar-refractivity contribution >= 4 is 28.2 Å². The van der Waals surface area contributed by atoms with Crippen molar-refractivity contribution in [1.82, 2.24) is 19.5 Å². The fraction of sp³-hybridized carbons (Fsp3) is 0.105. The molecule has 0 aliphatic heterocycles. The molecule has 2 aromatic carbocycles. The number of nitrogens with zero attached hydrogens (tertiary/aromatic N) is 4. The van der Waals surface area contributed by atoms with E-state index in [1.165, 1.54) is 0 Å². The Balaban J connectivity index is 1.75. The number of aryl methyl sites for hydroxylation is 2. The van der Waals surface area contributed by atoms with Gasteiger partial charge in [-0.05, 0) is 43.7 Å². The lowest BCUT2D eigenvalue weighted by Gasteiger charge is -2.11. The standard InChI is InChI=1S/C19H18N6/c1-12-7-8-15(14(20)9-12)23-18-10-21-11-19(24-18)25-13(2)22-16-5-3-4-6-17(16)25/h3-11H,20H2,1-2H3,(H,23,24). The van der Waals surface area contributed by atoms with Crippen molar-refractivity contribution in [2.45, 2.75) is 13.8 Å². The van der Waals surface area contributed by atoms with Crippen LogP contribution in [0.3, 0.4) is 0 Å². The predicted octanol–water partition coefficient (Wildman–Crippen LogP) is 3.76. The van der Waals surface area contributed by atoms with Crippen LogP contribution in [0.25, 0.3) is 16.9 Å². The molecule has 0 atom stereocenters. The number of fused-ring (bicyclic) bond motifs is 1. The van der Waals surface area contributed by atoms with E-state index < -0.39 is 0 Å². The highest BCUT2D eigenvalue weighted by Gasteiger charge is 2.11. The van der Waals surface area contributed by atoms with Crippen LogP contribution in [-0.2, 0) is 0 Å². The highest BCUT2D eigenvalue weighted by Crippen LogP contribution is 2.24. The normalized spacial score (nSPS) is 11.0. The van der Waals surface area contributed by atoms with Gasteiger partial charge in [-0.15, -0.1) is 0 Å². The van der Waals surface area contributed by atoms with Gasteiger partial charge in [-0.1, -0.05) is 18.2 Å². The number of hydrogen-bond acceptors (Lipinski definition) is 5. The van der Waals surface area contributed by atoms with E-state index in [9.17, 15) is 0 Å². The number of nitrogens with two attached hydrogens (primary N) is 1. The summed E-state index contributed by atoms with van der Waals surface area (Å²) in [7, 11) is 0. The van der Waals surface area contributed by atoms with Crippen LogP contribution in [0.1, 0.15) is 11.4 Å². The fourth-order valence-electron chi connectivity index (χ4n) is 2.89. The first-order valence-electron chi connectivity index (χ1n) is 8.01. The maximum atomic E-state index is 6.07. The first kappa shape index (κ1) is 15.1. The van der Waals surface area contributed by atoms with E-state index in [1.807, 2.05) is 60.9 Å². The third kappa shape index (κ3) is 2.78. The van der Waals surface area contributed by atoms with Gasteiger partial charge in [0.1, 0.15) is 5.82 Å². The molecule has 0 aliphatic carbocycles. The van der Waals surface area contributed by atoms with Crippen molar-refractivity contribution in [1.29, 1.82) is 0 Å². The van der Waals surface area contributed by atoms with Crippen LogP contribution < -0.4 is 11.1 Å². The molecular formula is C19H18N6. The van der Waals surface area contributed by atoms with Crippen molar-refractivity contribution in [3.05, 3.63) is 66.2 Å². The molecule has 0 radical (unpaired) electrons. The van der Waals surface area contributed by atoms with E-state index in [0.29, 0.717) is 17.3 Å². The second-order valence-corrected chi connectivity index (χ2v) is 5.96. The molecule has 0 aliphatic rings. The number of hydrogen-bond donors (Lipinski definition) is 2. The second kappa shape index (κ2) is 5.90. The van der Waals surface area contributed by atoms with Crippen LogP contribution in [0.15, 0.2) is 54.9 Å². The molecule has 0 amide bonds. The predicted molar refractivity (Wildman–Crippen MR) is 100 cm³/mol. The van der Waals surface area contributed by atoms with E-state index in [0.717, 1.165) is 28.1 Å². The summed E-state index contributed by atoms with van der Waals surface area (Å²) in [4.78, 5) is 13.6. The Morgan fingerprint density at radius 1 is 1.00 bits per heavy atom. The minimum absolute atomic E-state index is 0.630. The summed E-state index contributed by atoms with van der Waals surface area (Å²) < 4.78 is 1.99. The summed E-state index contributed by atoms with van der Waals surface area (Å²) in [5, 5.41) is 3.24. The first-order chi connectivity index (χ1) is 12.1. The SMILES string of the molecule is Cc1ccc(Nc2cncc(-n3c(C)nc4ccccc43)n2)c(N)c1. The fourth-order valence-corrected chi connectivity index (χ4v) is 2.89. The topological polar surface area (TPSA) is 81.7 Å². The number of anilines is 3. The first-order valence-corrected chi connectivity index (χ1v) is 8.01. The lowest BCUT2D eigenvalue weighted by molar-refractivity contribution is 0.943. The van der Waals surface area contributed by atoms with Crippen molar-refractivity contribution in [2.24, 2.45) is 0 Å². The molecule has 2 aromatic heterocycles. The number of nitrogen functional groups attached to an aromatic ring is 1. The van der Waals surface area contributed by atoms with E-state index in [2.05, 4.69) is 20.3 Å². The molecule has 0 fully saturated rings. The van der Waals surface area contributed by atoms with Gasteiger partial charge in [0.15, 0.2) is 11.6 Å². The molecule has 25 heavy (non-hydrogen) atoms. The van der Waals surface area contributed by atoms with Crippen LogP contribution in [0.5, 0.6) is 0 Å². The van der Waals surface area contributed by atoms with Gasteiger partial charge in [0, 0.05) is 0 Å². The Kier molecular flexibility index (Phi) is 3.57. The Labute approximate surface area is 145 Å². The molecule has 4 aromatic rings. The average Bonchev–Trinajstić information content (AvgIpc) is 2.93. The van der Waals surface area contributed by atoms with Crippen LogP contribution in [-0.4, -0.2) is 19.5 Å². The minimum atomic E-state index is 0.630. The van der Waals surface area contributed by atoms with Crippen molar-refractivity contribution in [3.63, 3.8) is 0 Å². The summed E-state index contributed by atoms with van der Waals surface area (Å²) in [6, 6.07) is 13.8. The summed E-state index contributed by atoms with van der Waals surface area (Å²) >= 11 is 0. The van der Waals surface area contributed by atoms with Gasteiger partial charge in [-0.25, -0.2) is 9.97 Å². The quantitative estimate of drug-likeness (QED) is 0.559. The minimum Gasteiger partial charge on any atom is -0.397 e. The Hall–Kier alpha value is -3.41. The monoisotopic (exact) mass is 330 g/mol. The number of para-hydroxylation sites is 2. The molecule has 0 saturated heterocycles. The zero-order chi connectivity index (χ0) is 17.4. The molecule has 6 nitrogen and oxygen atoms in total. The molecule has 3 N–H and O–H groups in total. The highest BCUT2D eigenvalue weighted by molar-refractivity contribution is 5.78. The van der Waals surface area contributed by atoms with Gasteiger partial charge in [0.2, 0.25) is 0 Å². The molecule has 2 heterocycles. The molecule has 0 bridgehead atoms. The summed E-state index contributed by atoms with van der Waals surface area (Å²) in [5.41, 5.74) is 10.6. The zero-order valence-corrected chi connectivity index (χ0v) is 14.1. The van der Waals surface area contributed by atoms with Gasteiger partial charge in [-0.2, -0.15) is 0 Å². The molecule has 124 valence electrons. The average molecular weight is 330 g/mol.